The van der Waals surface area contributed by atoms with Crippen LogP contribution in [0.25, 0.3) is 0 Å². The number of piperidine rings is 1. The maximum atomic E-state index is 11.5. The fraction of sp³-hybridized carbons (Fsp3) is 0.700. The predicted molar refractivity (Wildman–Crippen MR) is 95.2 cm³/mol. The molecule has 2 heterocycles. The Morgan fingerprint density at radius 2 is 1.71 bits per heavy atom. The van der Waals surface area contributed by atoms with Crippen molar-refractivity contribution >= 4 is 0 Å². The van der Waals surface area contributed by atoms with Crippen molar-refractivity contribution in [3.8, 4) is 0 Å². The fourth-order valence-corrected chi connectivity index (χ4v) is 5.26. The Bertz CT molecular complexity index is 587. The number of benzene rings is 1. The molecule has 1 N–H and O–H groups in total. The average molecular weight is 330 g/mol. The molecule has 3 aliphatic rings. The smallest absolute Gasteiger partial charge is 0.0834 e. The molecule has 1 spiro atoms. The molecule has 1 aromatic rings. The van der Waals surface area contributed by atoms with E-state index in [-0.39, 0.29) is 29.8 Å². The van der Waals surface area contributed by atoms with Gasteiger partial charge in [-0.05, 0) is 58.0 Å². The van der Waals surface area contributed by atoms with Crippen molar-refractivity contribution in [1.29, 1.82) is 0 Å². The molecule has 2 fully saturated rings. The van der Waals surface area contributed by atoms with Crippen molar-refractivity contribution in [3.05, 3.63) is 35.4 Å². The van der Waals surface area contributed by atoms with E-state index >= 15 is 0 Å². The number of rotatable bonds is 1. The van der Waals surface area contributed by atoms with Gasteiger partial charge in [0.15, 0.2) is 0 Å². The summed E-state index contributed by atoms with van der Waals surface area (Å²) in [5.74, 6) is 0. The van der Waals surface area contributed by atoms with E-state index in [1.54, 1.807) is 0 Å². The summed E-state index contributed by atoms with van der Waals surface area (Å²) >= 11 is 0. The quantitative estimate of drug-likeness (QED) is 0.856. The summed E-state index contributed by atoms with van der Waals surface area (Å²) in [6.07, 6.45) is 2.23. The normalized spacial score (nSPS) is 36.8. The van der Waals surface area contributed by atoms with Crippen molar-refractivity contribution in [2.45, 2.75) is 56.5 Å². The number of hydrogen-bond acceptors (Lipinski definition) is 4. The lowest BCUT2D eigenvalue weighted by Gasteiger charge is -2.45. The summed E-state index contributed by atoms with van der Waals surface area (Å²) in [6.45, 7) is 8.21. The molecule has 4 nitrogen and oxygen atoms in total. The summed E-state index contributed by atoms with van der Waals surface area (Å²) in [5.41, 5.74) is 2.66. The maximum absolute atomic E-state index is 11.5. The second-order valence-electron chi connectivity index (χ2n) is 8.15. The molecule has 0 unspecified atom stereocenters. The zero-order valence-electron chi connectivity index (χ0n) is 15.1. The Balaban J connectivity index is 1.71. The van der Waals surface area contributed by atoms with Crippen molar-refractivity contribution in [2.75, 3.05) is 33.2 Å². The Labute approximate surface area is 145 Å². The first-order valence-corrected chi connectivity index (χ1v) is 9.37. The van der Waals surface area contributed by atoms with Crippen molar-refractivity contribution < 1.29 is 9.84 Å². The van der Waals surface area contributed by atoms with Crippen LogP contribution in [0.1, 0.15) is 43.9 Å². The average Bonchev–Trinajstić information content (AvgIpc) is 2.79. The van der Waals surface area contributed by atoms with Crippen molar-refractivity contribution in [3.63, 3.8) is 0 Å². The van der Waals surface area contributed by atoms with E-state index in [0.717, 1.165) is 39.0 Å². The third-order valence-corrected chi connectivity index (χ3v) is 6.40. The third kappa shape index (κ3) is 2.51. The van der Waals surface area contributed by atoms with E-state index in [1.807, 2.05) is 0 Å². The minimum atomic E-state index is -0.318. The van der Waals surface area contributed by atoms with E-state index in [4.69, 9.17) is 4.74 Å². The summed E-state index contributed by atoms with van der Waals surface area (Å²) in [7, 11) is 2.18. The fourth-order valence-electron chi connectivity index (χ4n) is 5.26. The van der Waals surface area contributed by atoms with Gasteiger partial charge in [-0.2, -0.15) is 0 Å². The zero-order valence-corrected chi connectivity index (χ0v) is 15.1. The summed E-state index contributed by atoms with van der Waals surface area (Å²) in [5, 5.41) is 11.5. The van der Waals surface area contributed by atoms with Gasteiger partial charge in [0.2, 0.25) is 0 Å². The predicted octanol–water partition coefficient (Wildman–Crippen LogP) is 2.17. The van der Waals surface area contributed by atoms with Gasteiger partial charge in [-0.1, -0.05) is 24.3 Å². The number of nitrogens with zero attached hydrogens (tertiary/aromatic N) is 2. The van der Waals surface area contributed by atoms with Gasteiger partial charge in [-0.3, -0.25) is 4.90 Å². The maximum Gasteiger partial charge on any atom is 0.0834 e. The molecular weight excluding hydrogens is 300 g/mol. The zero-order chi connectivity index (χ0) is 16.9. The van der Waals surface area contributed by atoms with Gasteiger partial charge in [0.05, 0.1) is 24.4 Å². The topological polar surface area (TPSA) is 35.9 Å². The van der Waals surface area contributed by atoms with E-state index in [2.05, 4.69) is 55.0 Å². The van der Waals surface area contributed by atoms with Crippen LogP contribution in [-0.4, -0.2) is 66.4 Å². The Morgan fingerprint density at radius 3 is 2.38 bits per heavy atom. The first-order chi connectivity index (χ1) is 11.5. The number of morpholine rings is 1. The van der Waals surface area contributed by atoms with E-state index in [1.165, 1.54) is 11.1 Å². The van der Waals surface area contributed by atoms with Crippen LogP contribution in [0.2, 0.25) is 0 Å². The minimum Gasteiger partial charge on any atom is -0.390 e. The van der Waals surface area contributed by atoms with Gasteiger partial charge in [-0.15, -0.1) is 0 Å². The lowest BCUT2D eigenvalue weighted by Crippen LogP contribution is -2.52. The number of ether oxygens (including phenoxy) is 1. The number of aliphatic hydroxyl groups is 1. The van der Waals surface area contributed by atoms with Gasteiger partial charge < -0.3 is 14.7 Å². The highest BCUT2D eigenvalue weighted by Crippen LogP contribution is 2.53. The van der Waals surface area contributed by atoms with E-state index in [0.29, 0.717) is 0 Å². The molecule has 2 aliphatic heterocycles. The van der Waals surface area contributed by atoms with Gasteiger partial charge in [0, 0.05) is 18.5 Å². The standard InChI is InChI=1S/C20H30N2O2/c1-14-12-22(13-15(2)24-14)18-16-6-4-5-7-17(16)20(19(18)23)8-10-21(3)11-9-20/h4-7,14-15,18-19,23H,8-13H2,1-3H3/t14-,15+,18-,19+/m1/s1. The lowest BCUT2D eigenvalue weighted by atomic mass is 9.72. The molecule has 0 bridgehead atoms. The van der Waals surface area contributed by atoms with Gasteiger partial charge >= 0.3 is 0 Å². The van der Waals surface area contributed by atoms with E-state index in [9.17, 15) is 5.11 Å². The molecule has 1 aliphatic carbocycles. The van der Waals surface area contributed by atoms with Gasteiger partial charge in [0.25, 0.3) is 0 Å². The van der Waals surface area contributed by atoms with Crippen LogP contribution in [-0.2, 0) is 10.2 Å². The van der Waals surface area contributed by atoms with Crippen LogP contribution in [0, 0.1) is 0 Å². The molecule has 24 heavy (non-hydrogen) atoms. The van der Waals surface area contributed by atoms with Gasteiger partial charge in [-0.25, -0.2) is 0 Å². The second-order valence-corrected chi connectivity index (χ2v) is 8.15. The molecule has 2 saturated heterocycles. The number of fused-ring (bicyclic) bond motifs is 2. The molecular formula is C20H30N2O2. The van der Waals surface area contributed by atoms with Crippen LogP contribution in [0.15, 0.2) is 24.3 Å². The molecule has 0 radical (unpaired) electrons. The Hall–Kier alpha value is -0.940. The Kier molecular flexibility index (Phi) is 4.20. The molecule has 132 valence electrons. The number of hydrogen-bond donors (Lipinski definition) is 1. The number of likely N-dealkylation sites (tertiary alicyclic amines) is 1. The highest BCUT2D eigenvalue weighted by molar-refractivity contribution is 5.45. The van der Waals surface area contributed by atoms with Crippen molar-refractivity contribution in [2.24, 2.45) is 0 Å². The van der Waals surface area contributed by atoms with Crippen LogP contribution < -0.4 is 0 Å². The summed E-state index contributed by atoms with van der Waals surface area (Å²) < 4.78 is 5.92. The van der Waals surface area contributed by atoms with Crippen LogP contribution in [0.4, 0.5) is 0 Å². The first-order valence-electron chi connectivity index (χ1n) is 9.37. The molecule has 4 rings (SSSR count). The molecule has 0 saturated carbocycles. The number of aliphatic hydroxyl groups excluding tert-OH is 1. The summed E-state index contributed by atoms with van der Waals surface area (Å²) in [4.78, 5) is 4.85. The largest absolute Gasteiger partial charge is 0.390 e. The highest BCUT2D eigenvalue weighted by Gasteiger charge is 2.54. The monoisotopic (exact) mass is 330 g/mol. The second kappa shape index (κ2) is 6.10. The molecule has 0 amide bonds. The molecule has 0 aromatic heterocycles. The molecule has 4 atom stereocenters. The van der Waals surface area contributed by atoms with Gasteiger partial charge in [0.1, 0.15) is 0 Å². The SMILES string of the molecule is C[C@@H]1CN([C@@H]2c3ccccc3C3(CCN(C)CC3)[C@H]2O)C[C@H](C)O1. The van der Waals surface area contributed by atoms with Crippen molar-refractivity contribution in [1.82, 2.24) is 9.80 Å². The molecule has 4 heteroatoms. The lowest BCUT2D eigenvalue weighted by molar-refractivity contribution is -0.104. The van der Waals surface area contributed by atoms with E-state index < -0.39 is 0 Å². The molecule has 1 aromatic carbocycles. The van der Waals surface area contributed by atoms with Crippen LogP contribution in [0.5, 0.6) is 0 Å². The Morgan fingerprint density at radius 1 is 1.08 bits per heavy atom. The third-order valence-electron chi connectivity index (χ3n) is 6.40. The van der Waals surface area contributed by atoms with Crippen LogP contribution in [0.3, 0.4) is 0 Å². The summed E-state index contributed by atoms with van der Waals surface area (Å²) in [6, 6.07) is 8.87. The van der Waals surface area contributed by atoms with Crippen LogP contribution >= 0.6 is 0 Å². The highest BCUT2D eigenvalue weighted by atomic mass is 16.5. The first kappa shape index (κ1) is 16.5. The minimum absolute atomic E-state index is 0.0709.